The van der Waals surface area contributed by atoms with Gasteiger partial charge in [0, 0.05) is 16.0 Å². The molecule has 1 aromatic carbocycles. The van der Waals surface area contributed by atoms with Gasteiger partial charge < -0.3 is 19.2 Å². The highest BCUT2D eigenvalue weighted by Gasteiger charge is 2.35. The summed E-state index contributed by atoms with van der Waals surface area (Å²) in [6.45, 7) is 2.03. The van der Waals surface area contributed by atoms with Crippen LogP contribution in [0.5, 0.6) is 11.5 Å². The second-order valence-electron chi connectivity index (χ2n) is 8.97. The quantitative estimate of drug-likeness (QED) is 0.445. The maximum atomic E-state index is 13.0. The van der Waals surface area contributed by atoms with E-state index in [9.17, 15) is 4.79 Å². The first-order valence-corrected chi connectivity index (χ1v) is 13.0. The summed E-state index contributed by atoms with van der Waals surface area (Å²) in [6.07, 6.45) is 9.58. The highest BCUT2D eigenvalue weighted by atomic mass is 32.1. The predicted molar refractivity (Wildman–Crippen MR) is 134 cm³/mol. The molecular weight excluding hydrogens is 448 g/mol. The number of amides is 1. The molecule has 5 rings (SSSR count). The largest absolute Gasteiger partial charge is 0.493 e. The van der Waals surface area contributed by atoms with Crippen LogP contribution in [0.25, 0.3) is 0 Å². The molecule has 2 aliphatic rings. The summed E-state index contributed by atoms with van der Waals surface area (Å²) in [4.78, 5) is 17.0. The van der Waals surface area contributed by atoms with Crippen LogP contribution >= 0.6 is 11.3 Å². The number of para-hydroxylation sites is 1. The van der Waals surface area contributed by atoms with Gasteiger partial charge in [-0.2, -0.15) is 0 Å². The van der Waals surface area contributed by atoms with E-state index in [-0.39, 0.29) is 11.9 Å². The van der Waals surface area contributed by atoms with Gasteiger partial charge >= 0.3 is 0 Å². The monoisotopic (exact) mass is 480 g/mol. The fourth-order valence-corrected chi connectivity index (χ4v) is 6.70. The van der Waals surface area contributed by atoms with E-state index in [4.69, 9.17) is 13.9 Å². The van der Waals surface area contributed by atoms with E-state index < -0.39 is 0 Å². The molecule has 34 heavy (non-hydrogen) atoms. The number of fused-ring (bicyclic) bond motifs is 1. The number of hydrogen-bond acceptors (Lipinski definition) is 6. The average molecular weight is 481 g/mol. The minimum absolute atomic E-state index is 0.0182. The normalized spacial score (nSPS) is 17.1. The van der Waals surface area contributed by atoms with Gasteiger partial charge in [0.05, 0.1) is 26.5 Å². The Bertz CT molecular complexity index is 1130. The maximum Gasteiger partial charge on any atom is 0.291 e. The summed E-state index contributed by atoms with van der Waals surface area (Å²) in [7, 11) is 3.39. The smallest absolute Gasteiger partial charge is 0.291 e. The molecule has 1 aliphatic carbocycles. The Balaban J connectivity index is 1.67. The molecule has 6 nitrogen and oxygen atoms in total. The van der Waals surface area contributed by atoms with E-state index in [1.165, 1.54) is 54.4 Å². The number of benzene rings is 1. The van der Waals surface area contributed by atoms with Gasteiger partial charge in [-0.15, -0.1) is 11.3 Å². The van der Waals surface area contributed by atoms with Gasteiger partial charge in [0.25, 0.3) is 5.91 Å². The van der Waals surface area contributed by atoms with Crippen molar-refractivity contribution < 1.29 is 18.7 Å². The number of nitrogens with zero attached hydrogens (tertiary/aromatic N) is 1. The fraction of sp³-hybridized carbons (Fsp3) is 0.444. The van der Waals surface area contributed by atoms with E-state index in [2.05, 4.69) is 16.3 Å². The van der Waals surface area contributed by atoms with Crippen LogP contribution in [0.3, 0.4) is 0 Å². The highest BCUT2D eigenvalue weighted by molar-refractivity contribution is 7.16. The summed E-state index contributed by atoms with van der Waals surface area (Å²) >= 11 is 1.73. The minimum atomic E-state index is -0.208. The number of likely N-dealkylation sites (tertiary alicyclic amines) is 1. The van der Waals surface area contributed by atoms with Crippen molar-refractivity contribution in [2.45, 2.75) is 51.0 Å². The first-order valence-electron chi connectivity index (χ1n) is 12.2. The molecule has 0 radical (unpaired) electrons. The van der Waals surface area contributed by atoms with Gasteiger partial charge in [0.1, 0.15) is 5.00 Å². The molecule has 180 valence electrons. The number of rotatable bonds is 7. The molecule has 0 saturated carbocycles. The van der Waals surface area contributed by atoms with E-state index >= 15 is 0 Å². The number of thiophene rings is 1. The minimum Gasteiger partial charge on any atom is -0.493 e. The number of carbonyl (C=O) groups excluding carboxylic acids is 1. The molecule has 1 aliphatic heterocycles. The Morgan fingerprint density at radius 3 is 2.59 bits per heavy atom. The lowest BCUT2D eigenvalue weighted by Crippen LogP contribution is -2.35. The van der Waals surface area contributed by atoms with Gasteiger partial charge in [-0.1, -0.05) is 18.6 Å². The number of methoxy groups -OCH3 is 2. The van der Waals surface area contributed by atoms with Crippen molar-refractivity contribution in [1.29, 1.82) is 0 Å². The molecular formula is C27H32N2O4S. The zero-order valence-electron chi connectivity index (χ0n) is 19.9. The van der Waals surface area contributed by atoms with Gasteiger partial charge in [0.15, 0.2) is 17.3 Å². The van der Waals surface area contributed by atoms with Crippen LogP contribution in [0.4, 0.5) is 5.00 Å². The number of aryl methyl sites for hydroxylation is 1. The molecule has 1 atom stereocenters. The Hall–Kier alpha value is -2.77. The van der Waals surface area contributed by atoms with Crippen molar-refractivity contribution in [1.82, 2.24) is 4.90 Å². The number of piperidine rings is 1. The lowest BCUT2D eigenvalue weighted by Gasteiger charge is -2.37. The van der Waals surface area contributed by atoms with Gasteiger partial charge in [-0.25, -0.2) is 0 Å². The zero-order chi connectivity index (χ0) is 23.5. The van der Waals surface area contributed by atoms with Crippen molar-refractivity contribution in [3.8, 4) is 11.5 Å². The Kier molecular flexibility index (Phi) is 6.92. The average Bonchev–Trinajstić information content (AvgIpc) is 3.54. The van der Waals surface area contributed by atoms with Crippen LogP contribution in [-0.4, -0.2) is 38.1 Å². The van der Waals surface area contributed by atoms with Crippen LogP contribution in [0.1, 0.15) is 70.3 Å². The topological polar surface area (TPSA) is 63.9 Å². The van der Waals surface area contributed by atoms with Crippen molar-refractivity contribution in [2.75, 3.05) is 32.6 Å². The SMILES string of the molecule is COc1cccc([C@H](c2c(NC(=O)c3ccco3)sc3c2CCCC3)N2CCCCC2)c1OC. The third kappa shape index (κ3) is 4.34. The first-order chi connectivity index (χ1) is 16.7. The summed E-state index contributed by atoms with van der Waals surface area (Å²) in [6, 6.07) is 9.55. The van der Waals surface area contributed by atoms with E-state index in [1.807, 2.05) is 12.1 Å². The van der Waals surface area contributed by atoms with E-state index in [1.54, 1.807) is 37.7 Å². The Labute approximate surface area is 204 Å². The first kappa shape index (κ1) is 23.0. The van der Waals surface area contributed by atoms with E-state index in [0.717, 1.165) is 48.0 Å². The van der Waals surface area contributed by atoms with Crippen molar-refractivity contribution in [3.63, 3.8) is 0 Å². The molecule has 7 heteroatoms. The molecule has 1 amide bonds. The standard InChI is InChI=1S/C27H32N2O4S/c1-31-20-12-8-11-19(25(20)32-2)24(29-15-6-3-7-16-29)23-18-10-4-5-14-22(18)34-27(23)28-26(30)21-13-9-17-33-21/h8-9,11-13,17,24H,3-7,10,14-16H2,1-2H3,(H,28,30)/t24-/m1/s1. The second-order valence-corrected chi connectivity index (χ2v) is 10.1. The third-order valence-electron chi connectivity index (χ3n) is 6.94. The van der Waals surface area contributed by atoms with Gasteiger partial charge in [-0.05, 0) is 75.4 Å². The van der Waals surface area contributed by atoms with Crippen LogP contribution in [0.2, 0.25) is 0 Å². The van der Waals surface area contributed by atoms with Crippen molar-refractivity contribution in [3.05, 3.63) is 63.9 Å². The summed E-state index contributed by atoms with van der Waals surface area (Å²) < 4.78 is 17.0. The fourth-order valence-electron chi connectivity index (χ4n) is 5.38. The second kappa shape index (κ2) is 10.2. The molecule has 1 N–H and O–H groups in total. The zero-order valence-corrected chi connectivity index (χ0v) is 20.7. The predicted octanol–water partition coefficient (Wildman–Crippen LogP) is 6.06. The Morgan fingerprint density at radius 1 is 1.03 bits per heavy atom. The number of nitrogens with one attached hydrogen (secondary N) is 1. The van der Waals surface area contributed by atoms with Gasteiger partial charge in [-0.3, -0.25) is 9.69 Å². The molecule has 3 heterocycles. The number of anilines is 1. The molecule has 0 spiro atoms. The van der Waals surface area contributed by atoms with Crippen molar-refractivity contribution >= 4 is 22.2 Å². The molecule has 3 aromatic rings. The van der Waals surface area contributed by atoms with Gasteiger partial charge in [0.2, 0.25) is 0 Å². The summed E-state index contributed by atoms with van der Waals surface area (Å²) in [5.41, 5.74) is 3.70. The molecule has 0 bridgehead atoms. The Morgan fingerprint density at radius 2 is 1.85 bits per heavy atom. The summed E-state index contributed by atoms with van der Waals surface area (Å²) in [5.74, 6) is 1.61. The summed E-state index contributed by atoms with van der Waals surface area (Å²) in [5, 5.41) is 4.14. The lowest BCUT2D eigenvalue weighted by atomic mass is 9.87. The van der Waals surface area contributed by atoms with Crippen LogP contribution < -0.4 is 14.8 Å². The molecule has 2 aromatic heterocycles. The maximum absolute atomic E-state index is 13.0. The van der Waals surface area contributed by atoms with Crippen LogP contribution in [0.15, 0.2) is 41.0 Å². The van der Waals surface area contributed by atoms with Crippen LogP contribution in [-0.2, 0) is 12.8 Å². The van der Waals surface area contributed by atoms with Crippen molar-refractivity contribution in [2.24, 2.45) is 0 Å². The number of furan rings is 1. The van der Waals surface area contributed by atoms with Crippen LogP contribution in [0, 0.1) is 0 Å². The third-order valence-corrected chi connectivity index (χ3v) is 8.16. The number of hydrogen-bond donors (Lipinski definition) is 1. The molecule has 1 fully saturated rings. The number of ether oxygens (including phenoxy) is 2. The highest BCUT2D eigenvalue weighted by Crippen LogP contribution is 2.49. The van der Waals surface area contributed by atoms with E-state index in [0.29, 0.717) is 5.76 Å². The molecule has 0 unspecified atom stereocenters. The lowest BCUT2D eigenvalue weighted by molar-refractivity contribution is 0.0996. The molecule has 1 saturated heterocycles. The number of carbonyl (C=O) groups is 1.